The molecule has 2 fully saturated rings. The number of allylic oxidation sites excluding steroid dienone is 2. The van der Waals surface area contributed by atoms with Crippen LogP contribution in [0.3, 0.4) is 0 Å². The highest BCUT2D eigenvalue weighted by atomic mass is 16.4. The highest BCUT2D eigenvalue weighted by Crippen LogP contribution is 2.69. The van der Waals surface area contributed by atoms with Crippen LogP contribution in [-0.4, -0.2) is 22.3 Å². The number of aliphatic carboxylic acids is 1. The molecule has 23 heavy (non-hydrogen) atoms. The van der Waals surface area contributed by atoms with E-state index < -0.39 is 12.1 Å². The van der Waals surface area contributed by atoms with Crippen LogP contribution in [-0.2, 0) is 4.79 Å². The molecule has 3 unspecified atom stereocenters. The first-order valence-electron chi connectivity index (χ1n) is 9.00. The van der Waals surface area contributed by atoms with Crippen LogP contribution in [0.25, 0.3) is 0 Å². The van der Waals surface area contributed by atoms with Gasteiger partial charge in [-0.25, -0.2) is 4.79 Å². The van der Waals surface area contributed by atoms with Crippen LogP contribution in [0.4, 0.5) is 0 Å². The van der Waals surface area contributed by atoms with E-state index in [4.69, 9.17) is 5.11 Å². The molecule has 0 aromatic carbocycles. The summed E-state index contributed by atoms with van der Waals surface area (Å²) in [6, 6.07) is 0. The second-order valence-electron chi connectivity index (χ2n) is 8.69. The molecule has 0 heterocycles. The van der Waals surface area contributed by atoms with Gasteiger partial charge in [0, 0.05) is 5.57 Å². The molecule has 2 saturated carbocycles. The maximum atomic E-state index is 11.0. The molecule has 0 amide bonds. The molecule has 5 atom stereocenters. The van der Waals surface area contributed by atoms with E-state index in [2.05, 4.69) is 26.8 Å². The van der Waals surface area contributed by atoms with E-state index in [-0.39, 0.29) is 16.4 Å². The molecule has 2 N–H and O–H groups in total. The van der Waals surface area contributed by atoms with Gasteiger partial charge in [0.15, 0.2) is 0 Å². The second-order valence-corrected chi connectivity index (χ2v) is 8.69. The first-order valence-corrected chi connectivity index (χ1v) is 9.00. The topological polar surface area (TPSA) is 57.5 Å². The number of carboxylic acids is 1. The summed E-state index contributed by atoms with van der Waals surface area (Å²) in [4.78, 5) is 11.0. The standard InChI is InChI=1S/C20H30O3/c1-12-5-7-20-8-6-14(10-16(12)20)19(3,4)17(20)11-15(21)9-13(2)18(22)23/h9-10,12,14-15,17,21H,5-8,11H2,1-4H3,(H,22,23)/b13-9+/t12-,14?,15-,17?,20?/m0/s1. The van der Waals surface area contributed by atoms with Crippen LogP contribution < -0.4 is 0 Å². The summed E-state index contributed by atoms with van der Waals surface area (Å²) in [5, 5.41) is 19.5. The van der Waals surface area contributed by atoms with Crippen LogP contribution in [0.2, 0.25) is 0 Å². The molecule has 1 spiro atoms. The van der Waals surface area contributed by atoms with Crippen LogP contribution in [0.1, 0.15) is 59.8 Å². The van der Waals surface area contributed by atoms with Crippen molar-refractivity contribution < 1.29 is 15.0 Å². The predicted octanol–water partition coefficient (Wildman–Crippen LogP) is 4.18. The molecule has 4 rings (SSSR count). The van der Waals surface area contributed by atoms with Crippen molar-refractivity contribution in [3.8, 4) is 0 Å². The predicted molar refractivity (Wildman–Crippen MR) is 90.9 cm³/mol. The highest BCUT2D eigenvalue weighted by molar-refractivity contribution is 5.85. The maximum Gasteiger partial charge on any atom is 0.331 e. The number of aliphatic hydroxyl groups excluding tert-OH is 1. The quantitative estimate of drug-likeness (QED) is 0.604. The Bertz CT molecular complexity index is 571. The van der Waals surface area contributed by atoms with Gasteiger partial charge in [-0.15, -0.1) is 0 Å². The van der Waals surface area contributed by atoms with Gasteiger partial charge < -0.3 is 10.2 Å². The van der Waals surface area contributed by atoms with Crippen LogP contribution >= 0.6 is 0 Å². The monoisotopic (exact) mass is 318 g/mol. The van der Waals surface area contributed by atoms with Crippen molar-refractivity contribution in [2.75, 3.05) is 0 Å². The van der Waals surface area contributed by atoms with Gasteiger partial charge >= 0.3 is 5.97 Å². The molecule has 2 bridgehead atoms. The average molecular weight is 318 g/mol. The van der Waals surface area contributed by atoms with Crippen LogP contribution in [0.5, 0.6) is 0 Å². The normalized spacial score (nSPS) is 39.8. The molecule has 0 radical (unpaired) electrons. The molecule has 128 valence electrons. The summed E-state index contributed by atoms with van der Waals surface area (Å²) in [5.74, 6) is 0.764. The minimum absolute atomic E-state index is 0.178. The van der Waals surface area contributed by atoms with Crippen LogP contribution in [0.15, 0.2) is 23.3 Å². The number of aliphatic hydroxyl groups is 1. The molecule has 0 aliphatic heterocycles. The van der Waals surface area contributed by atoms with Crippen molar-refractivity contribution in [3.63, 3.8) is 0 Å². The molecule has 4 aliphatic carbocycles. The number of carboxylic acid groups (broad SMARTS) is 1. The lowest BCUT2D eigenvalue weighted by Crippen LogP contribution is -2.52. The molecule has 3 nitrogen and oxygen atoms in total. The molecule has 0 aromatic rings. The van der Waals surface area contributed by atoms with Crippen molar-refractivity contribution in [2.24, 2.45) is 28.6 Å². The van der Waals surface area contributed by atoms with E-state index in [1.165, 1.54) is 31.8 Å². The van der Waals surface area contributed by atoms with Crippen molar-refractivity contribution in [3.05, 3.63) is 23.3 Å². The van der Waals surface area contributed by atoms with E-state index >= 15 is 0 Å². The summed E-state index contributed by atoms with van der Waals surface area (Å²) in [6.45, 7) is 8.60. The van der Waals surface area contributed by atoms with Gasteiger partial charge in [0.05, 0.1) is 6.10 Å². The summed E-state index contributed by atoms with van der Waals surface area (Å²) < 4.78 is 0. The molecule has 4 aliphatic rings. The molecule has 0 saturated heterocycles. The third-order valence-electron chi connectivity index (χ3n) is 7.19. The zero-order chi connectivity index (χ0) is 17.0. The second kappa shape index (κ2) is 5.47. The zero-order valence-electron chi connectivity index (χ0n) is 14.8. The number of carbonyl (C=O) groups is 1. The Morgan fingerprint density at radius 3 is 2.70 bits per heavy atom. The molecule has 3 heteroatoms. The lowest BCUT2D eigenvalue weighted by atomic mass is 9.45. The van der Waals surface area contributed by atoms with E-state index in [1.54, 1.807) is 12.5 Å². The van der Waals surface area contributed by atoms with Crippen molar-refractivity contribution in [2.45, 2.75) is 65.9 Å². The lowest BCUT2D eigenvalue weighted by molar-refractivity contribution is -0.132. The minimum Gasteiger partial charge on any atom is -0.478 e. The Labute approximate surface area is 139 Å². The van der Waals surface area contributed by atoms with Gasteiger partial charge in [0.1, 0.15) is 0 Å². The number of hydrogen-bond acceptors (Lipinski definition) is 2. The fourth-order valence-electron chi connectivity index (χ4n) is 5.88. The summed E-state index contributed by atoms with van der Waals surface area (Å²) in [7, 11) is 0. The van der Waals surface area contributed by atoms with E-state index in [1.807, 2.05) is 0 Å². The minimum atomic E-state index is -0.943. The molecule has 0 aromatic heterocycles. The van der Waals surface area contributed by atoms with E-state index in [0.29, 0.717) is 24.2 Å². The Hall–Kier alpha value is -1.09. The number of fused-ring (bicyclic) bond motifs is 2. The SMILES string of the molecule is C/C(=C\[C@H](O)CC1C23CCC(C=C2[C@@H](C)CC3)C1(C)C)C(=O)O. The Kier molecular flexibility index (Phi) is 3.99. The molecular weight excluding hydrogens is 288 g/mol. The van der Waals surface area contributed by atoms with Crippen molar-refractivity contribution >= 4 is 5.97 Å². The van der Waals surface area contributed by atoms with Crippen molar-refractivity contribution in [1.29, 1.82) is 0 Å². The van der Waals surface area contributed by atoms with Crippen LogP contribution in [0, 0.1) is 28.6 Å². The van der Waals surface area contributed by atoms with Gasteiger partial charge in [0.2, 0.25) is 0 Å². The molecular formula is C20H30O3. The van der Waals surface area contributed by atoms with Gasteiger partial charge in [-0.3, -0.25) is 0 Å². The largest absolute Gasteiger partial charge is 0.478 e. The first kappa shape index (κ1) is 16.8. The summed E-state index contributed by atoms with van der Waals surface area (Å²) in [5.41, 5.74) is 2.31. The summed E-state index contributed by atoms with van der Waals surface area (Å²) >= 11 is 0. The van der Waals surface area contributed by atoms with E-state index in [0.717, 1.165) is 0 Å². The average Bonchev–Trinajstić information content (AvgIpc) is 2.81. The van der Waals surface area contributed by atoms with Gasteiger partial charge in [0.25, 0.3) is 0 Å². The van der Waals surface area contributed by atoms with Gasteiger partial charge in [-0.2, -0.15) is 0 Å². The Morgan fingerprint density at radius 2 is 2.04 bits per heavy atom. The Balaban J connectivity index is 1.91. The number of rotatable bonds is 4. The maximum absolute atomic E-state index is 11.0. The third kappa shape index (κ3) is 2.48. The summed E-state index contributed by atoms with van der Waals surface area (Å²) in [6.07, 6.45) is 9.09. The first-order chi connectivity index (χ1) is 10.7. The zero-order valence-corrected chi connectivity index (χ0v) is 14.8. The highest BCUT2D eigenvalue weighted by Gasteiger charge is 2.60. The fraction of sp³-hybridized carbons (Fsp3) is 0.750. The van der Waals surface area contributed by atoms with Crippen molar-refractivity contribution in [1.82, 2.24) is 0 Å². The lowest BCUT2D eigenvalue weighted by Gasteiger charge is -2.60. The number of hydrogen-bond donors (Lipinski definition) is 2. The Morgan fingerprint density at radius 1 is 1.39 bits per heavy atom. The smallest absolute Gasteiger partial charge is 0.331 e. The van der Waals surface area contributed by atoms with Gasteiger partial charge in [-0.1, -0.05) is 32.4 Å². The van der Waals surface area contributed by atoms with E-state index in [9.17, 15) is 9.90 Å². The fourth-order valence-corrected chi connectivity index (χ4v) is 5.88. The van der Waals surface area contributed by atoms with Gasteiger partial charge in [-0.05, 0) is 73.7 Å². The third-order valence-corrected chi connectivity index (χ3v) is 7.19.